The number of thiophene rings is 1. The van der Waals surface area contributed by atoms with E-state index >= 15 is 0 Å². The highest BCUT2D eigenvalue weighted by Gasteiger charge is 2.26. The standard InChI is InChI=1S/C15H22N2O3S/c1-14(2,3)12(19)16-9-8-21-10(7-18)11(9)17-13(20)15(4,5)6/h7-8H,1-6H3,(H,16,19)(H,17,20). The van der Waals surface area contributed by atoms with Crippen molar-refractivity contribution in [2.75, 3.05) is 10.6 Å². The Morgan fingerprint density at radius 3 is 1.90 bits per heavy atom. The maximum atomic E-state index is 12.1. The van der Waals surface area contributed by atoms with Gasteiger partial charge in [0.05, 0.1) is 16.3 Å². The summed E-state index contributed by atoms with van der Waals surface area (Å²) >= 11 is 1.18. The average molecular weight is 310 g/mol. The van der Waals surface area contributed by atoms with Crippen molar-refractivity contribution in [3.8, 4) is 0 Å². The highest BCUT2D eigenvalue weighted by atomic mass is 32.1. The van der Waals surface area contributed by atoms with Crippen LogP contribution in [0.5, 0.6) is 0 Å². The van der Waals surface area contributed by atoms with Gasteiger partial charge in [-0.25, -0.2) is 0 Å². The Kier molecular flexibility index (Phi) is 4.94. The molecule has 0 aliphatic heterocycles. The second kappa shape index (κ2) is 5.97. The molecule has 2 amide bonds. The number of anilines is 2. The first-order chi connectivity index (χ1) is 9.46. The van der Waals surface area contributed by atoms with Gasteiger partial charge < -0.3 is 10.6 Å². The molecule has 0 aliphatic carbocycles. The van der Waals surface area contributed by atoms with Gasteiger partial charge in [-0.15, -0.1) is 11.3 Å². The van der Waals surface area contributed by atoms with E-state index in [2.05, 4.69) is 10.6 Å². The number of amides is 2. The fraction of sp³-hybridized carbons (Fsp3) is 0.533. The molecular weight excluding hydrogens is 288 g/mol. The van der Waals surface area contributed by atoms with E-state index in [9.17, 15) is 14.4 Å². The van der Waals surface area contributed by atoms with Crippen molar-refractivity contribution in [1.82, 2.24) is 0 Å². The van der Waals surface area contributed by atoms with Gasteiger partial charge in [-0.1, -0.05) is 41.5 Å². The minimum atomic E-state index is -0.590. The van der Waals surface area contributed by atoms with Gasteiger partial charge >= 0.3 is 0 Å². The SMILES string of the molecule is CC(C)(C)C(=O)Nc1csc(C=O)c1NC(=O)C(C)(C)C. The lowest BCUT2D eigenvalue weighted by Crippen LogP contribution is -2.30. The van der Waals surface area contributed by atoms with E-state index in [1.165, 1.54) is 11.3 Å². The molecule has 0 aromatic carbocycles. The molecule has 116 valence electrons. The van der Waals surface area contributed by atoms with Crippen LogP contribution in [0.1, 0.15) is 51.2 Å². The lowest BCUT2D eigenvalue weighted by Gasteiger charge is -2.20. The molecule has 0 aliphatic rings. The summed E-state index contributed by atoms with van der Waals surface area (Å²) in [6.07, 6.45) is 0.676. The largest absolute Gasteiger partial charge is 0.323 e. The Morgan fingerprint density at radius 1 is 1.00 bits per heavy atom. The van der Waals surface area contributed by atoms with Crippen LogP contribution in [-0.4, -0.2) is 18.1 Å². The Morgan fingerprint density at radius 2 is 1.48 bits per heavy atom. The van der Waals surface area contributed by atoms with Crippen molar-refractivity contribution >= 4 is 40.8 Å². The number of aldehydes is 1. The van der Waals surface area contributed by atoms with Crippen LogP contribution in [0.3, 0.4) is 0 Å². The quantitative estimate of drug-likeness (QED) is 0.839. The molecular formula is C15H22N2O3S. The Balaban J connectivity index is 3.08. The predicted octanol–water partition coefficient (Wildman–Crippen LogP) is 3.53. The van der Waals surface area contributed by atoms with Gasteiger partial charge in [-0.3, -0.25) is 14.4 Å². The molecule has 0 unspecified atom stereocenters. The first-order valence-corrected chi connectivity index (χ1v) is 7.54. The third-order valence-corrected chi connectivity index (χ3v) is 3.68. The summed E-state index contributed by atoms with van der Waals surface area (Å²) in [6.45, 7) is 10.7. The summed E-state index contributed by atoms with van der Waals surface area (Å²) in [5.41, 5.74) is -0.325. The molecule has 0 saturated heterocycles. The number of carbonyl (C=O) groups excluding carboxylic acids is 3. The van der Waals surface area contributed by atoms with Crippen molar-refractivity contribution in [3.63, 3.8) is 0 Å². The molecule has 0 fully saturated rings. The number of hydrogen-bond donors (Lipinski definition) is 2. The number of rotatable bonds is 3. The highest BCUT2D eigenvalue weighted by molar-refractivity contribution is 7.13. The number of nitrogens with one attached hydrogen (secondary N) is 2. The van der Waals surface area contributed by atoms with Crippen LogP contribution < -0.4 is 10.6 Å². The zero-order valence-electron chi connectivity index (χ0n) is 13.3. The van der Waals surface area contributed by atoms with E-state index in [0.717, 1.165) is 0 Å². The van der Waals surface area contributed by atoms with Gasteiger partial charge in [0.15, 0.2) is 6.29 Å². The number of carbonyl (C=O) groups is 3. The molecule has 1 aromatic rings. The van der Waals surface area contributed by atoms with Crippen LogP contribution in [0.4, 0.5) is 11.4 Å². The fourth-order valence-corrected chi connectivity index (χ4v) is 2.05. The minimum absolute atomic E-state index is 0.177. The molecule has 5 nitrogen and oxygen atoms in total. The van der Waals surface area contributed by atoms with Crippen molar-refractivity contribution in [3.05, 3.63) is 10.3 Å². The van der Waals surface area contributed by atoms with E-state index in [1.54, 1.807) is 46.9 Å². The van der Waals surface area contributed by atoms with E-state index in [1.807, 2.05) is 0 Å². The van der Waals surface area contributed by atoms with E-state index in [0.29, 0.717) is 22.5 Å². The Hall–Kier alpha value is -1.69. The maximum Gasteiger partial charge on any atom is 0.229 e. The maximum absolute atomic E-state index is 12.1. The zero-order chi connectivity index (χ0) is 16.4. The molecule has 0 bridgehead atoms. The summed E-state index contributed by atoms with van der Waals surface area (Å²) in [5.74, 6) is -0.390. The van der Waals surface area contributed by atoms with E-state index < -0.39 is 10.8 Å². The monoisotopic (exact) mass is 310 g/mol. The molecule has 0 saturated carbocycles. The van der Waals surface area contributed by atoms with Crippen molar-refractivity contribution in [2.24, 2.45) is 10.8 Å². The molecule has 0 radical (unpaired) electrons. The van der Waals surface area contributed by atoms with Crippen LogP contribution in [0.2, 0.25) is 0 Å². The van der Waals surface area contributed by atoms with Gasteiger partial charge in [0.25, 0.3) is 0 Å². The van der Waals surface area contributed by atoms with Crippen LogP contribution in [0.15, 0.2) is 5.38 Å². The van der Waals surface area contributed by atoms with E-state index in [4.69, 9.17) is 0 Å². The molecule has 1 heterocycles. The molecule has 1 aromatic heterocycles. The predicted molar refractivity (Wildman–Crippen MR) is 85.9 cm³/mol. The van der Waals surface area contributed by atoms with Crippen molar-refractivity contribution in [2.45, 2.75) is 41.5 Å². The van der Waals surface area contributed by atoms with Crippen molar-refractivity contribution in [1.29, 1.82) is 0 Å². The van der Waals surface area contributed by atoms with E-state index in [-0.39, 0.29) is 11.8 Å². The van der Waals surface area contributed by atoms with Gasteiger partial charge in [0.1, 0.15) is 0 Å². The third-order valence-electron chi connectivity index (χ3n) is 2.78. The molecule has 6 heteroatoms. The molecule has 1 rings (SSSR count). The summed E-state index contributed by atoms with van der Waals surface area (Å²) in [4.78, 5) is 35.6. The first-order valence-electron chi connectivity index (χ1n) is 6.66. The zero-order valence-corrected chi connectivity index (χ0v) is 14.1. The third kappa shape index (κ3) is 4.39. The summed E-state index contributed by atoms with van der Waals surface area (Å²) < 4.78 is 0. The molecule has 0 atom stereocenters. The van der Waals surface area contributed by atoms with Crippen LogP contribution in [-0.2, 0) is 9.59 Å². The minimum Gasteiger partial charge on any atom is -0.323 e. The van der Waals surface area contributed by atoms with Gasteiger partial charge in [0.2, 0.25) is 11.8 Å². The smallest absolute Gasteiger partial charge is 0.229 e. The molecule has 2 N–H and O–H groups in total. The van der Waals surface area contributed by atoms with Crippen LogP contribution >= 0.6 is 11.3 Å². The second-order valence-electron chi connectivity index (χ2n) is 6.91. The summed E-state index contributed by atoms with van der Waals surface area (Å²) in [7, 11) is 0. The lowest BCUT2D eigenvalue weighted by molar-refractivity contribution is -0.124. The fourth-order valence-electron chi connectivity index (χ4n) is 1.29. The highest BCUT2D eigenvalue weighted by Crippen LogP contribution is 2.34. The Bertz CT molecular complexity index is 562. The Labute approximate surface area is 129 Å². The average Bonchev–Trinajstić information content (AvgIpc) is 2.69. The summed E-state index contributed by atoms with van der Waals surface area (Å²) in [6, 6.07) is 0. The van der Waals surface area contributed by atoms with Gasteiger partial charge in [0, 0.05) is 16.2 Å². The van der Waals surface area contributed by atoms with Crippen molar-refractivity contribution < 1.29 is 14.4 Å². The first kappa shape index (κ1) is 17.4. The van der Waals surface area contributed by atoms with Gasteiger partial charge in [-0.05, 0) is 0 Å². The molecule has 0 spiro atoms. The second-order valence-corrected chi connectivity index (χ2v) is 7.83. The summed E-state index contributed by atoms with van der Waals surface area (Å²) in [5, 5.41) is 7.15. The lowest BCUT2D eigenvalue weighted by atomic mass is 9.95. The topological polar surface area (TPSA) is 75.3 Å². The number of hydrogen-bond acceptors (Lipinski definition) is 4. The normalized spacial score (nSPS) is 11.9. The molecule has 21 heavy (non-hydrogen) atoms. The van der Waals surface area contributed by atoms with Crippen LogP contribution in [0, 0.1) is 10.8 Å². The van der Waals surface area contributed by atoms with Crippen LogP contribution in [0.25, 0.3) is 0 Å². The van der Waals surface area contributed by atoms with Gasteiger partial charge in [-0.2, -0.15) is 0 Å².